The van der Waals surface area contributed by atoms with Crippen molar-refractivity contribution in [3.8, 4) is 5.75 Å². The van der Waals surface area contributed by atoms with Crippen molar-refractivity contribution in [1.29, 1.82) is 0 Å². The molecule has 1 aromatic carbocycles. The number of hydrogen-bond acceptors (Lipinski definition) is 3. The van der Waals surface area contributed by atoms with Gasteiger partial charge in [-0.05, 0) is 12.1 Å². The number of nitrogens with one attached hydrogen (secondary N) is 2. The quantitative estimate of drug-likeness (QED) is 0.724. The molecule has 0 amide bonds. The summed E-state index contributed by atoms with van der Waals surface area (Å²) in [5.41, 5.74) is 1.25. The molecule has 2 N–H and O–H groups in total. The maximum atomic E-state index is 11.1. The molecular weight excluding hydrogens is 196 g/mol. The zero-order valence-corrected chi connectivity index (χ0v) is 7.95. The maximum absolute atomic E-state index is 11.1. The van der Waals surface area contributed by atoms with Gasteiger partial charge in [0.05, 0.1) is 12.1 Å². The van der Waals surface area contributed by atoms with E-state index in [0.29, 0.717) is 17.9 Å². The number of fused-ring (bicyclic) bond motifs is 1. The Balaban J connectivity index is 1.96. The summed E-state index contributed by atoms with van der Waals surface area (Å²) in [7, 11) is 0. The van der Waals surface area contributed by atoms with Gasteiger partial charge in [-0.15, -0.1) is 0 Å². The molecule has 2 heterocycles. The minimum atomic E-state index is -0.219. The number of aromatic amines is 2. The lowest BCUT2D eigenvalue weighted by Gasteiger charge is -2.04. The number of H-pyrrole nitrogens is 2. The fourth-order valence-corrected chi connectivity index (χ4v) is 1.50. The Morgan fingerprint density at radius 3 is 3.13 bits per heavy atom. The van der Waals surface area contributed by atoms with Gasteiger partial charge in [0.1, 0.15) is 24.0 Å². The topological polar surface area (TPSA) is 70.4 Å². The van der Waals surface area contributed by atoms with Crippen molar-refractivity contribution >= 4 is 11.0 Å². The third kappa shape index (κ3) is 1.61. The lowest BCUT2D eigenvalue weighted by Crippen LogP contribution is -2.04. The van der Waals surface area contributed by atoms with E-state index >= 15 is 0 Å². The molecule has 78 valence electrons. The Kier molecular flexibility index (Phi) is 1.78. The van der Waals surface area contributed by atoms with E-state index in [1.807, 2.05) is 18.2 Å². The van der Waals surface area contributed by atoms with Crippen LogP contribution < -0.4 is 10.4 Å². The van der Waals surface area contributed by atoms with Crippen molar-refractivity contribution < 1.29 is 9.47 Å². The van der Waals surface area contributed by atoms with Gasteiger partial charge < -0.3 is 19.4 Å². The van der Waals surface area contributed by atoms with Gasteiger partial charge in [0.25, 0.3) is 0 Å². The fraction of sp³-hybridized carbons (Fsp3) is 0.300. The Labute approximate surface area is 85.0 Å². The zero-order chi connectivity index (χ0) is 10.3. The standard InChI is InChI=1S/C10H10N2O3/c13-10-11-7-2-1-3-8(9(7)12-10)15-5-6-4-14-6/h1-3,6H,4-5H2,(H2,11,12,13). The predicted octanol–water partition coefficient (Wildman–Crippen LogP) is 0.634. The molecule has 5 nitrogen and oxygen atoms in total. The molecule has 0 aliphatic carbocycles. The SMILES string of the molecule is O=c1[nH]c2cccc(OCC3CO3)c2[nH]1. The fourth-order valence-electron chi connectivity index (χ4n) is 1.50. The Morgan fingerprint density at radius 1 is 1.47 bits per heavy atom. The molecule has 1 aliphatic rings. The number of epoxide rings is 1. The normalized spacial score (nSPS) is 19.3. The molecule has 0 saturated carbocycles. The second-order valence-corrected chi connectivity index (χ2v) is 3.52. The summed E-state index contributed by atoms with van der Waals surface area (Å²) in [6.45, 7) is 1.30. The highest BCUT2D eigenvalue weighted by Gasteiger charge is 2.23. The first-order valence-corrected chi connectivity index (χ1v) is 4.78. The van der Waals surface area contributed by atoms with Gasteiger partial charge in [-0.2, -0.15) is 0 Å². The van der Waals surface area contributed by atoms with E-state index in [9.17, 15) is 4.79 Å². The molecule has 3 rings (SSSR count). The summed E-state index contributed by atoms with van der Waals surface area (Å²) < 4.78 is 10.6. The van der Waals surface area contributed by atoms with Crippen molar-refractivity contribution in [2.24, 2.45) is 0 Å². The van der Waals surface area contributed by atoms with Crippen LogP contribution in [-0.2, 0) is 4.74 Å². The van der Waals surface area contributed by atoms with E-state index in [1.54, 1.807) is 0 Å². The van der Waals surface area contributed by atoms with Crippen LogP contribution in [0.25, 0.3) is 11.0 Å². The van der Waals surface area contributed by atoms with Crippen molar-refractivity contribution in [3.63, 3.8) is 0 Å². The summed E-state index contributed by atoms with van der Waals surface area (Å²) in [5.74, 6) is 0.682. The molecule has 0 spiro atoms. The molecular formula is C10H10N2O3. The average Bonchev–Trinajstić information content (AvgIpc) is 2.96. The number of hydrogen-bond donors (Lipinski definition) is 2. The minimum Gasteiger partial charge on any atom is -0.489 e. The van der Waals surface area contributed by atoms with Crippen LogP contribution in [-0.4, -0.2) is 29.3 Å². The highest BCUT2D eigenvalue weighted by Crippen LogP contribution is 2.22. The van der Waals surface area contributed by atoms with Crippen LogP contribution in [0.15, 0.2) is 23.0 Å². The summed E-state index contributed by atoms with van der Waals surface area (Å²) in [6.07, 6.45) is 0.214. The number of ether oxygens (including phenoxy) is 2. The number of rotatable bonds is 3. The maximum Gasteiger partial charge on any atom is 0.323 e. The van der Waals surface area contributed by atoms with E-state index in [-0.39, 0.29) is 11.8 Å². The largest absolute Gasteiger partial charge is 0.489 e. The first-order chi connectivity index (χ1) is 7.33. The van der Waals surface area contributed by atoms with E-state index < -0.39 is 0 Å². The Morgan fingerprint density at radius 2 is 2.33 bits per heavy atom. The van der Waals surface area contributed by atoms with E-state index in [1.165, 1.54) is 0 Å². The average molecular weight is 206 g/mol. The third-order valence-corrected chi connectivity index (χ3v) is 2.34. The lowest BCUT2D eigenvalue weighted by molar-refractivity contribution is 0.265. The van der Waals surface area contributed by atoms with Crippen LogP contribution in [0.5, 0.6) is 5.75 Å². The summed E-state index contributed by atoms with van der Waals surface area (Å²) >= 11 is 0. The van der Waals surface area contributed by atoms with Gasteiger partial charge in [-0.1, -0.05) is 6.07 Å². The lowest BCUT2D eigenvalue weighted by atomic mass is 10.3. The van der Waals surface area contributed by atoms with E-state index in [2.05, 4.69) is 9.97 Å². The summed E-state index contributed by atoms with van der Waals surface area (Å²) in [4.78, 5) is 16.5. The molecule has 1 atom stereocenters. The molecule has 1 aliphatic heterocycles. The first kappa shape index (κ1) is 8.55. The number of imidazole rings is 1. The van der Waals surface area contributed by atoms with Crippen molar-refractivity contribution in [3.05, 3.63) is 28.7 Å². The van der Waals surface area contributed by atoms with Gasteiger partial charge in [-0.25, -0.2) is 4.79 Å². The predicted molar refractivity (Wildman–Crippen MR) is 54.2 cm³/mol. The summed E-state index contributed by atoms with van der Waals surface area (Å²) in [5, 5.41) is 0. The second-order valence-electron chi connectivity index (χ2n) is 3.52. The van der Waals surface area contributed by atoms with Crippen LogP contribution >= 0.6 is 0 Å². The van der Waals surface area contributed by atoms with Crippen LogP contribution in [0.1, 0.15) is 0 Å². The second kappa shape index (κ2) is 3.13. The molecule has 1 fully saturated rings. The first-order valence-electron chi connectivity index (χ1n) is 4.78. The molecule has 1 aromatic heterocycles. The number of para-hydroxylation sites is 1. The van der Waals surface area contributed by atoms with Crippen molar-refractivity contribution in [2.45, 2.75) is 6.10 Å². The van der Waals surface area contributed by atoms with Crippen LogP contribution in [0, 0.1) is 0 Å². The zero-order valence-electron chi connectivity index (χ0n) is 7.95. The van der Waals surface area contributed by atoms with E-state index in [4.69, 9.17) is 9.47 Å². The molecule has 0 radical (unpaired) electrons. The molecule has 5 heteroatoms. The minimum absolute atomic E-state index is 0.214. The summed E-state index contributed by atoms with van der Waals surface area (Å²) in [6, 6.07) is 5.50. The Hall–Kier alpha value is -1.75. The van der Waals surface area contributed by atoms with Crippen molar-refractivity contribution in [1.82, 2.24) is 9.97 Å². The highest BCUT2D eigenvalue weighted by molar-refractivity contribution is 5.80. The molecule has 1 saturated heterocycles. The third-order valence-electron chi connectivity index (χ3n) is 2.34. The van der Waals surface area contributed by atoms with Gasteiger partial charge in [-0.3, -0.25) is 0 Å². The molecule has 15 heavy (non-hydrogen) atoms. The highest BCUT2D eigenvalue weighted by atomic mass is 16.6. The van der Waals surface area contributed by atoms with Crippen LogP contribution in [0.4, 0.5) is 0 Å². The molecule has 0 bridgehead atoms. The smallest absolute Gasteiger partial charge is 0.323 e. The van der Waals surface area contributed by atoms with Gasteiger partial charge in [0.2, 0.25) is 0 Å². The van der Waals surface area contributed by atoms with Crippen molar-refractivity contribution in [2.75, 3.05) is 13.2 Å². The number of benzene rings is 1. The van der Waals surface area contributed by atoms with Crippen LogP contribution in [0.3, 0.4) is 0 Å². The van der Waals surface area contributed by atoms with Crippen LogP contribution in [0.2, 0.25) is 0 Å². The van der Waals surface area contributed by atoms with E-state index in [0.717, 1.165) is 12.1 Å². The Bertz CT molecular complexity index is 539. The molecule has 1 unspecified atom stereocenters. The van der Waals surface area contributed by atoms with Gasteiger partial charge >= 0.3 is 5.69 Å². The monoisotopic (exact) mass is 206 g/mol. The van der Waals surface area contributed by atoms with Gasteiger partial charge in [0.15, 0.2) is 0 Å². The molecule has 2 aromatic rings. The van der Waals surface area contributed by atoms with Gasteiger partial charge in [0, 0.05) is 0 Å². The number of aromatic nitrogens is 2.